The largest absolute Gasteiger partial charge is 0.373 e. The molecule has 1 aromatic carbocycles. The fourth-order valence-electron chi connectivity index (χ4n) is 2.03. The van der Waals surface area contributed by atoms with Gasteiger partial charge in [-0.1, -0.05) is 6.92 Å². The van der Waals surface area contributed by atoms with E-state index in [2.05, 4.69) is 18.3 Å². The van der Waals surface area contributed by atoms with Crippen molar-refractivity contribution in [2.75, 3.05) is 25.0 Å². The topological polar surface area (TPSA) is 39.1 Å². The SMILES string of the molecule is CCCNC(C)c1cc(F)ccc1N(C)CCC#N. The zero-order valence-electron chi connectivity index (χ0n) is 11.9. The molecule has 0 radical (unpaired) electrons. The lowest BCUT2D eigenvalue weighted by atomic mass is 10.0. The van der Waals surface area contributed by atoms with E-state index in [-0.39, 0.29) is 11.9 Å². The van der Waals surface area contributed by atoms with Crippen LogP contribution in [0.4, 0.5) is 10.1 Å². The van der Waals surface area contributed by atoms with Gasteiger partial charge >= 0.3 is 0 Å². The summed E-state index contributed by atoms with van der Waals surface area (Å²) in [7, 11) is 1.93. The van der Waals surface area contributed by atoms with Crippen LogP contribution in [0.25, 0.3) is 0 Å². The van der Waals surface area contributed by atoms with Crippen molar-refractivity contribution in [1.29, 1.82) is 5.26 Å². The van der Waals surface area contributed by atoms with Crippen molar-refractivity contribution in [3.63, 3.8) is 0 Å². The number of rotatable bonds is 7. The van der Waals surface area contributed by atoms with Crippen LogP contribution in [-0.2, 0) is 0 Å². The molecule has 104 valence electrons. The van der Waals surface area contributed by atoms with Gasteiger partial charge in [-0.2, -0.15) is 5.26 Å². The Hall–Kier alpha value is -1.60. The highest BCUT2D eigenvalue weighted by Gasteiger charge is 2.14. The van der Waals surface area contributed by atoms with Gasteiger partial charge in [-0.05, 0) is 43.7 Å². The lowest BCUT2D eigenvalue weighted by Crippen LogP contribution is -2.25. The van der Waals surface area contributed by atoms with E-state index in [1.54, 1.807) is 12.1 Å². The molecule has 1 unspecified atom stereocenters. The number of nitrogens with one attached hydrogen (secondary N) is 1. The molecule has 1 rings (SSSR count). The molecular formula is C15H22FN3. The first kappa shape index (κ1) is 15.5. The van der Waals surface area contributed by atoms with Gasteiger partial charge in [0.2, 0.25) is 0 Å². The highest BCUT2D eigenvalue weighted by molar-refractivity contribution is 5.54. The molecule has 0 amide bonds. The van der Waals surface area contributed by atoms with Crippen molar-refractivity contribution in [3.05, 3.63) is 29.6 Å². The molecule has 0 bridgehead atoms. The van der Waals surface area contributed by atoms with Crippen molar-refractivity contribution >= 4 is 5.69 Å². The van der Waals surface area contributed by atoms with E-state index < -0.39 is 0 Å². The van der Waals surface area contributed by atoms with Gasteiger partial charge in [0.25, 0.3) is 0 Å². The normalized spacial score (nSPS) is 11.9. The van der Waals surface area contributed by atoms with Crippen molar-refractivity contribution in [3.8, 4) is 6.07 Å². The second kappa shape index (κ2) is 7.75. The first-order valence-corrected chi connectivity index (χ1v) is 6.71. The molecule has 0 aliphatic heterocycles. The maximum absolute atomic E-state index is 13.4. The van der Waals surface area contributed by atoms with Crippen LogP contribution in [0.5, 0.6) is 0 Å². The summed E-state index contributed by atoms with van der Waals surface area (Å²) in [6, 6.07) is 7.05. The minimum atomic E-state index is -0.224. The maximum atomic E-state index is 13.4. The minimum Gasteiger partial charge on any atom is -0.373 e. The molecule has 0 aromatic heterocycles. The van der Waals surface area contributed by atoms with Crippen molar-refractivity contribution in [2.45, 2.75) is 32.7 Å². The average Bonchev–Trinajstić information content (AvgIpc) is 2.41. The lowest BCUT2D eigenvalue weighted by Gasteiger charge is -2.25. The summed E-state index contributed by atoms with van der Waals surface area (Å²) in [6.07, 6.45) is 1.50. The standard InChI is InChI=1S/C15H22FN3/c1-4-9-18-12(2)14-11-13(16)6-7-15(14)19(3)10-5-8-17/h6-7,11-12,18H,4-5,9-10H2,1-3H3. The third-order valence-electron chi connectivity index (χ3n) is 3.13. The molecule has 19 heavy (non-hydrogen) atoms. The summed E-state index contributed by atoms with van der Waals surface area (Å²) in [5, 5.41) is 12.0. The van der Waals surface area contributed by atoms with Crippen LogP contribution in [0.1, 0.15) is 38.3 Å². The molecule has 1 atom stereocenters. The highest BCUT2D eigenvalue weighted by Crippen LogP contribution is 2.26. The summed E-state index contributed by atoms with van der Waals surface area (Å²) in [5.74, 6) is -0.224. The first-order chi connectivity index (χ1) is 9.10. The van der Waals surface area contributed by atoms with Gasteiger partial charge in [-0.15, -0.1) is 0 Å². The van der Waals surface area contributed by atoms with E-state index in [1.165, 1.54) is 6.07 Å². The average molecular weight is 263 g/mol. The van der Waals surface area contributed by atoms with E-state index in [0.29, 0.717) is 13.0 Å². The Morgan fingerprint density at radius 1 is 1.47 bits per heavy atom. The number of benzene rings is 1. The van der Waals surface area contributed by atoms with E-state index in [1.807, 2.05) is 18.9 Å². The van der Waals surface area contributed by atoms with Crippen LogP contribution in [0.2, 0.25) is 0 Å². The van der Waals surface area contributed by atoms with E-state index >= 15 is 0 Å². The third kappa shape index (κ3) is 4.53. The van der Waals surface area contributed by atoms with Crippen LogP contribution in [-0.4, -0.2) is 20.1 Å². The van der Waals surface area contributed by atoms with Crippen LogP contribution >= 0.6 is 0 Å². The molecule has 0 heterocycles. The van der Waals surface area contributed by atoms with Gasteiger partial charge < -0.3 is 10.2 Å². The molecule has 0 fully saturated rings. The monoisotopic (exact) mass is 263 g/mol. The van der Waals surface area contributed by atoms with Gasteiger partial charge in [-0.3, -0.25) is 0 Å². The molecule has 0 aliphatic rings. The van der Waals surface area contributed by atoms with Crippen molar-refractivity contribution in [2.24, 2.45) is 0 Å². The van der Waals surface area contributed by atoms with Gasteiger partial charge in [0.15, 0.2) is 0 Å². The smallest absolute Gasteiger partial charge is 0.123 e. The predicted octanol–water partition coefficient (Wildman–Crippen LogP) is 3.24. The Morgan fingerprint density at radius 3 is 2.84 bits per heavy atom. The molecule has 4 heteroatoms. The van der Waals surface area contributed by atoms with E-state index in [9.17, 15) is 4.39 Å². The molecule has 0 saturated carbocycles. The molecule has 1 aromatic rings. The Balaban J connectivity index is 2.93. The van der Waals surface area contributed by atoms with Crippen molar-refractivity contribution in [1.82, 2.24) is 5.32 Å². The van der Waals surface area contributed by atoms with E-state index in [0.717, 1.165) is 24.2 Å². The van der Waals surface area contributed by atoms with Crippen molar-refractivity contribution < 1.29 is 4.39 Å². The van der Waals surface area contributed by atoms with Crippen LogP contribution < -0.4 is 10.2 Å². The Morgan fingerprint density at radius 2 is 2.21 bits per heavy atom. The van der Waals surface area contributed by atoms with Crippen LogP contribution in [0.3, 0.4) is 0 Å². The summed E-state index contributed by atoms with van der Waals surface area (Å²) >= 11 is 0. The number of halogens is 1. The highest BCUT2D eigenvalue weighted by atomic mass is 19.1. The summed E-state index contributed by atoms with van der Waals surface area (Å²) in [5.41, 5.74) is 1.92. The fraction of sp³-hybridized carbons (Fsp3) is 0.533. The number of anilines is 1. The van der Waals surface area contributed by atoms with Gasteiger partial charge in [0.05, 0.1) is 12.5 Å². The maximum Gasteiger partial charge on any atom is 0.123 e. The second-order valence-corrected chi connectivity index (χ2v) is 4.71. The van der Waals surface area contributed by atoms with Gasteiger partial charge in [-0.25, -0.2) is 4.39 Å². The minimum absolute atomic E-state index is 0.0928. The predicted molar refractivity (Wildman–Crippen MR) is 76.6 cm³/mol. The summed E-state index contributed by atoms with van der Waals surface area (Å²) < 4.78 is 13.4. The van der Waals surface area contributed by atoms with Crippen LogP contribution in [0.15, 0.2) is 18.2 Å². The molecular weight excluding hydrogens is 241 g/mol. The van der Waals surface area contributed by atoms with E-state index in [4.69, 9.17) is 5.26 Å². The summed E-state index contributed by atoms with van der Waals surface area (Å²) in [6.45, 7) is 5.69. The Bertz CT molecular complexity index is 440. The molecule has 0 saturated heterocycles. The lowest BCUT2D eigenvalue weighted by molar-refractivity contribution is 0.561. The number of hydrogen-bond acceptors (Lipinski definition) is 3. The Labute approximate surface area is 115 Å². The molecule has 0 spiro atoms. The van der Waals surface area contributed by atoms with Gasteiger partial charge in [0.1, 0.15) is 5.82 Å². The Kier molecular flexibility index (Phi) is 6.31. The summed E-state index contributed by atoms with van der Waals surface area (Å²) in [4.78, 5) is 2.00. The van der Waals surface area contributed by atoms with Crippen LogP contribution in [0, 0.1) is 17.1 Å². The molecule has 1 N–H and O–H groups in total. The fourth-order valence-corrected chi connectivity index (χ4v) is 2.03. The number of nitriles is 1. The molecule has 3 nitrogen and oxygen atoms in total. The number of hydrogen-bond donors (Lipinski definition) is 1. The zero-order valence-corrected chi connectivity index (χ0v) is 11.9. The zero-order chi connectivity index (χ0) is 14.3. The van der Waals surface area contributed by atoms with Gasteiger partial charge in [0, 0.05) is 25.3 Å². The third-order valence-corrected chi connectivity index (χ3v) is 3.13. The number of nitrogens with zero attached hydrogens (tertiary/aromatic N) is 2. The quantitative estimate of drug-likeness (QED) is 0.821. The first-order valence-electron chi connectivity index (χ1n) is 6.71. The molecule has 0 aliphatic carbocycles. The second-order valence-electron chi connectivity index (χ2n) is 4.71.